The van der Waals surface area contributed by atoms with Gasteiger partial charge in [0, 0.05) is 6.54 Å². The first-order chi connectivity index (χ1) is 49.1. The van der Waals surface area contributed by atoms with Crippen molar-refractivity contribution in [2.24, 2.45) is 57.5 Å². The van der Waals surface area contributed by atoms with Gasteiger partial charge in [-0.3, -0.25) is 57.7 Å². The lowest BCUT2D eigenvalue weighted by Crippen LogP contribution is -2.64. The maximum Gasteiger partial charge on any atom is 0.490 e. The highest BCUT2D eigenvalue weighted by molar-refractivity contribution is 6.00. The van der Waals surface area contributed by atoms with E-state index in [4.69, 9.17) is 47.5 Å². The normalized spacial score (nSPS) is 23.7. The van der Waals surface area contributed by atoms with E-state index in [9.17, 15) is 99.5 Å². The molecule has 15 atom stereocenters. The predicted octanol–water partition coefficient (Wildman–Crippen LogP) is -3.63. The Hall–Kier alpha value is -9.55. The summed E-state index contributed by atoms with van der Waals surface area (Å²) in [6, 6.07) is -10.6. The SMILES string of the molecule is CC[C@H](C)C1NC(=O)[C@@H](CCCN=C(N)N)NC(=O)[C@H](CC(C)C)NC(=O)[C@H]([C@H](O)C(C)C)NC(=O)[C@@H](NC(=O)[C@H](CC(C)C)NC(=O)[C@H](N)C2CCCCC2)[C@@H](c2ccccc2)OC(=O)[C@H](CO)NC(=O)[C@H]([C@H](O)C(N)=O)NC(=O)CNC(=O)C([C@H](C)O)NC1=O.O=C(O)C(F)(F)F.O=C(O)C(F)(F)F. The molecule has 1 saturated carbocycles. The van der Waals surface area contributed by atoms with Crippen LogP contribution in [0, 0.1) is 29.6 Å². The van der Waals surface area contributed by atoms with E-state index in [0.29, 0.717) is 12.8 Å². The first-order valence-electron chi connectivity index (χ1n) is 33.7. The van der Waals surface area contributed by atoms with E-state index in [2.05, 4.69) is 47.5 Å². The maximum atomic E-state index is 15.4. The predicted molar refractivity (Wildman–Crippen MR) is 361 cm³/mol. The molecule has 2 unspecified atom stereocenters. The van der Waals surface area contributed by atoms with Crippen LogP contribution >= 0.6 is 0 Å². The number of nitrogens with zero attached hydrogens (tertiary/aromatic N) is 1. The van der Waals surface area contributed by atoms with Crippen molar-refractivity contribution in [3.8, 4) is 0 Å². The Morgan fingerprint density at radius 2 is 1.13 bits per heavy atom. The minimum Gasteiger partial charge on any atom is -0.475 e. The summed E-state index contributed by atoms with van der Waals surface area (Å²) in [5, 5.41) is 82.6. The number of esters is 1. The average molecular weight is 1530 g/mol. The van der Waals surface area contributed by atoms with Crippen molar-refractivity contribution in [1.29, 1.82) is 0 Å². The number of aliphatic imine (C=N–C) groups is 1. The van der Waals surface area contributed by atoms with Gasteiger partial charge >= 0.3 is 30.3 Å². The van der Waals surface area contributed by atoms with Gasteiger partial charge in [0.2, 0.25) is 65.0 Å². The van der Waals surface area contributed by atoms with Crippen molar-refractivity contribution >= 4 is 88.8 Å². The number of carboxylic acid groups (broad SMARTS) is 2. The second kappa shape index (κ2) is 45.1. The quantitative estimate of drug-likeness (QED) is 0.0175. The number of halogens is 6. The van der Waals surface area contributed by atoms with Gasteiger partial charge < -0.3 is 111 Å². The lowest BCUT2D eigenvalue weighted by molar-refractivity contribution is -0.193. The number of ether oxygens (including phenoxy) is 1. The number of carbonyl (C=O) groups excluding carboxylic acids is 12. The molecule has 24 N–H and O–H groups in total. The van der Waals surface area contributed by atoms with Crippen molar-refractivity contribution in [2.45, 2.75) is 224 Å². The Morgan fingerprint density at radius 1 is 0.632 bits per heavy atom. The number of aliphatic carboxylic acids is 2. The Labute approximate surface area is 605 Å². The highest BCUT2D eigenvalue weighted by Crippen LogP contribution is 2.28. The maximum absolute atomic E-state index is 15.4. The summed E-state index contributed by atoms with van der Waals surface area (Å²) < 4.78 is 69.4. The smallest absolute Gasteiger partial charge is 0.475 e. The van der Waals surface area contributed by atoms with E-state index >= 15 is 4.79 Å². The minimum absolute atomic E-state index is 0.0456. The van der Waals surface area contributed by atoms with Crippen LogP contribution in [0.5, 0.6) is 0 Å². The minimum atomic E-state index is -5.08. The number of benzene rings is 1. The molecule has 42 heteroatoms. The molecule has 36 nitrogen and oxygen atoms in total. The van der Waals surface area contributed by atoms with Crippen LogP contribution in [0.15, 0.2) is 35.3 Å². The number of cyclic esters (lactones) is 1. The fourth-order valence-corrected chi connectivity index (χ4v) is 10.3. The number of primary amides is 1. The third-order valence-corrected chi connectivity index (χ3v) is 16.3. The highest BCUT2D eigenvalue weighted by atomic mass is 19.4. The fraction of sp³-hybridized carbons (Fsp3) is 0.672. The van der Waals surface area contributed by atoms with E-state index in [-0.39, 0.29) is 67.9 Å². The average Bonchev–Trinajstić information content (AvgIpc) is 0.809. The molecule has 11 amide bonds. The molecule has 3 rings (SSSR count). The van der Waals surface area contributed by atoms with Gasteiger partial charge in [0.25, 0.3) is 0 Å². The van der Waals surface area contributed by atoms with Crippen molar-refractivity contribution in [1.82, 2.24) is 53.2 Å². The Morgan fingerprint density at radius 3 is 1.61 bits per heavy atom. The molecule has 1 aliphatic heterocycles. The topological polar surface area (TPSA) is 606 Å². The van der Waals surface area contributed by atoms with E-state index in [1.807, 2.05) is 10.6 Å². The number of aliphatic hydroxyl groups is 4. The number of guanidine groups is 1. The van der Waals surface area contributed by atoms with Crippen LogP contribution in [0.25, 0.3) is 0 Å². The Kier molecular flexibility index (Phi) is 40.2. The second-order valence-electron chi connectivity index (χ2n) is 26.3. The summed E-state index contributed by atoms with van der Waals surface area (Å²) in [5.41, 5.74) is 22.9. The third-order valence-electron chi connectivity index (χ3n) is 16.3. The highest BCUT2D eigenvalue weighted by Gasteiger charge is 2.45. The molecule has 0 radical (unpaired) electrons. The zero-order valence-corrected chi connectivity index (χ0v) is 59.9. The van der Waals surface area contributed by atoms with Crippen LogP contribution in [0.4, 0.5) is 26.3 Å². The standard InChI is InChI=1S/C60H99N15O17.2C2HF3O2/c1-10-31(8)41-55(87)73-42(32(9)77)54(86)66-26-39(78)71-44(47(80)49(62)81)57(89)70-38(27-76)59(91)92-48(34-20-15-12-16-21-34)45(75-52(84)37(25-29(4)5)68-53(85)40(61)33-18-13-11-14-19-33)58(90)74-43(46(79)30(6)7)56(88)69-36(24-28(2)3)51(83)67-35(50(82)72-41)22-17-23-65-60(63)64;2*3-2(4,5)1(6)7/h12,15-16,20-21,28-33,35-38,40-48,76-77,79-80H,10-11,13-14,17-19,22-27,61H2,1-9H3,(H2,62,81)(H,66,86)(H,67,83)(H,68,85)(H,69,88)(H,70,89)(H,71,78)(H,72,82)(H,73,87)(H,74,90)(H,75,84)(H4,63,64,65);2*(H,6,7)/t31-,32-,35+,36-,37-,38-,40+,41?,42?,43-,44-,45-,46+,47-,48+;;/m0../s1. The van der Waals surface area contributed by atoms with Crippen LogP contribution in [0.2, 0.25) is 0 Å². The number of hydrogen-bond donors (Lipinski definition) is 20. The van der Waals surface area contributed by atoms with Gasteiger partial charge in [-0.05, 0) is 80.6 Å². The van der Waals surface area contributed by atoms with Gasteiger partial charge in [0.05, 0.1) is 31.4 Å². The molecule has 600 valence electrons. The molecule has 1 aromatic rings. The van der Waals surface area contributed by atoms with E-state index < -0.39 is 205 Å². The van der Waals surface area contributed by atoms with Gasteiger partial charge in [0.1, 0.15) is 48.3 Å². The van der Waals surface area contributed by atoms with Crippen molar-refractivity contribution in [2.75, 3.05) is 19.7 Å². The second-order valence-corrected chi connectivity index (χ2v) is 26.3. The van der Waals surface area contributed by atoms with E-state index in [0.717, 1.165) is 26.2 Å². The Bertz CT molecular complexity index is 3140. The third kappa shape index (κ3) is 32.9. The van der Waals surface area contributed by atoms with Crippen LogP contribution < -0.4 is 76.1 Å². The Balaban J connectivity index is 0.00000362. The lowest BCUT2D eigenvalue weighted by Gasteiger charge is -2.34. The molecule has 0 spiro atoms. The largest absolute Gasteiger partial charge is 0.490 e. The molecule has 1 aromatic carbocycles. The molecule has 106 heavy (non-hydrogen) atoms. The van der Waals surface area contributed by atoms with Crippen LogP contribution in [-0.2, 0) is 71.9 Å². The zero-order valence-electron chi connectivity index (χ0n) is 59.9. The molecular weight excluding hydrogens is 1430 g/mol. The van der Waals surface area contributed by atoms with Crippen molar-refractivity contribution in [3.05, 3.63) is 35.9 Å². The summed E-state index contributed by atoms with van der Waals surface area (Å²) in [7, 11) is 0. The molecule has 1 saturated heterocycles. The van der Waals surface area contributed by atoms with Crippen molar-refractivity contribution < 1.29 is 129 Å². The van der Waals surface area contributed by atoms with E-state index in [1.165, 1.54) is 44.2 Å². The summed E-state index contributed by atoms with van der Waals surface area (Å²) in [6.45, 7) is 11.8. The molecule has 1 heterocycles. The van der Waals surface area contributed by atoms with Gasteiger partial charge in [0.15, 0.2) is 24.2 Å². The number of carbonyl (C=O) groups is 14. The fourth-order valence-electron chi connectivity index (χ4n) is 10.3. The van der Waals surface area contributed by atoms with Crippen LogP contribution in [0.3, 0.4) is 0 Å². The first kappa shape index (κ1) is 94.5. The molecule has 2 aliphatic rings. The summed E-state index contributed by atoms with van der Waals surface area (Å²) in [6.07, 6.45) is -14.4. The van der Waals surface area contributed by atoms with Crippen molar-refractivity contribution in [3.63, 3.8) is 0 Å². The summed E-state index contributed by atoms with van der Waals surface area (Å²) in [4.78, 5) is 192. The molecule has 0 aromatic heterocycles. The number of aliphatic hydroxyl groups excluding tert-OH is 4. The number of hydrogen-bond acceptors (Lipinski definition) is 21. The number of nitrogens with one attached hydrogen (secondary N) is 10. The monoisotopic (exact) mass is 1530 g/mol. The molecular formula is C64H101F6N15O21. The molecule has 1 aliphatic carbocycles. The first-order valence-corrected chi connectivity index (χ1v) is 33.7. The summed E-state index contributed by atoms with van der Waals surface area (Å²) in [5.74, 6) is -22.7. The number of amides is 11. The van der Waals surface area contributed by atoms with Gasteiger partial charge in [-0.15, -0.1) is 0 Å². The number of alkyl halides is 6. The zero-order chi connectivity index (χ0) is 81.4. The van der Waals surface area contributed by atoms with Crippen LogP contribution in [0.1, 0.15) is 138 Å². The molecule has 2 fully saturated rings. The molecule has 0 bridgehead atoms. The number of rotatable bonds is 22. The number of carboxylic acids is 2. The van der Waals surface area contributed by atoms with E-state index in [1.54, 1.807) is 41.5 Å². The van der Waals surface area contributed by atoms with Gasteiger partial charge in [-0.1, -0.05) is 111 Å². The van der Waals surface area contributed by atoms with Gasteiger partial charge in [-0.2, -0.15) is 26.3 Å². The lowest BCUT2D eigenvalue weighted by atomic mass is 9.84. The summed E-state index contributed by atoms with van der Waals surface area (Å²) >= 11 is 0. The van der Waals surface area contributed by atoms with Gasteiger partial charge in [-0.25, -0.2) is 14.4 Å². The van der Waals surface area contributed by atoms with Crippen LogP contribution in [-0.4, -0.2) is 230 Å². The number of nitrogens with two attached hydrogens (primary N) is 4.